The van der Waals surface area contributed by atoms with Crippen LogP contribution in [0.25, 0.3) is 11.0 Å². The topological polar surface area (TPSA) is 98.3 Å². The molecule has 0 radical (unpaired) electrons. The number of hydrogen-bond acceptors (Lipinski definition) is 5. The fraction of sp³-hybridized carbons (Fsp3) is 0.357. The van der Waals surface area contributed by atoms with E-state index in [0.717, 1.165) is 17.2 Å². The van der Waals surface area contributed by atoms with E-state index in [1.165, 1.54) is 0 Å². The largest absolute Gasteiger partial charge is 0.477 e. The molecule has 0 aromatic carbocycles. The van der Waals surface area contributed by atoms with Gasteiger partial charge in [-0.2, -0.15) is 13.2 Å². The van der Waals surface area contributed by atoms with Crippen molar-refractivity contribution in [2.24, 2.45) is 0 Å². The van der Waals surface area contributed by atoms with Crippen molar-refractivity contribution < 1.29 is 27.5 Å². The van der Waals surface area contributed by atoms with Crippen molar-refractivity contribution in [3.05, 3.63) is 33.9 Å². The van der Waals surface area contributed by atoms with Crippen molar-refractivity contribution in [2.45, 2.75) is 12.2 Å². The summed E-state index contributed by atoms with van der Waals surface area (Å²) in [5.41, 5.74) is -1.61. The van der Waals surface area contributed by atoms with Gasteiger partial charge in [0.1, 0.15) is 17.3 Å². The summed E-state index contributed by atoms with van der Waals surface area (Å²) in [4.78, 5) is 30.4. The molecule has 2 aromatic rings. The molecule has 0 spiro atoms. The Kier molecular flexibility index (Phi) is 4.11. The Morgan fingerprint density at radius 1 is 1.40 bits per heavy atom. The molecule has 1 unspecified atom stereocenters. The molecule has 7 nitrogen and oxygen atoms in total. The molecule has 1 saturated heterocycles. The Bertz CT molecular complexity index is 896. The second kappa shape index (κ2) is 5.99. The van der Waals surface area contributed by atoms with Crippen LogP contribution >= 0.6 is 0 Å². The van der Waals surface area contributed by atoms with E-state index < -0.39 is 41.5 Å². The van der Waals surface area contributed by atoms with E-state index >= 15 is 0 Å². The second-order valence-electron chi connectivity index (χ2n) is 5.52. The molecular weight excluding hydrogens is 348 g/mol. The van der Waals surface area contributed by atoms with Gasteiger partial charge < -0.3 is 20.3 Å². The molecule has 0 aliphatic carbocycles. The van der Waals surface area contributed by atoms with Crippen molar-refractivity contribution >= 4 is 22.8 Å². The van der Waals surface area contributed by atoms with Gasteiger partial charge in [-0.05, 0) is 6.07 Å². The standard InChI is InChI=1S/C14H12F4N4O3/c15-8-3-6-10(23)7(13(24)25)4-20-11(6)21-12(8)22-2-1-19-9(5-22)14(16,17)18/h3-4,9,19H,1-2,5H2,(H,24,25)(H,20,21,23). The first kappa shape index (κ1) is 17.1. The summed E-state index contributed by atoms with van der Waals surface area (Å²) in [6, 6.07) is -1.04. The summed E-state index contributed by atoms with van der Waals surface area (Å²) < 4.78 is 52.9. The van der Waals surface area contributed by atoms with Crippen molar-refractivity contribution in [1.29, 1.82) is 0 Å². The highest BCUT2D eigenvalue weighted by molar-refractivity contribution is 5.91. The summed E-state index contributed by atoms with van der Waals surface area (Å²) in [5.74, 6) is -2.81. The Morgan fingerprint density at radius 3 is 2.76 bits per heavy atom. The number of carbonyl (C=O) groups is 1. The first-order chi connectivity index (χ1) is 11.7. The number of halogens is 4. The normalized spacial score (nSPS) is 18.6. The fourth-order valence-electron chi connectivity index (χ4n) is 2.66. The fourth-order valence-corrected chi connectivity index (χ4v) is 2.66. The number of fused-ring (bicyclic) bond motifs is 1. The predicted molar refractivity (Wildman–Crippen MR) is 79.3 cm³/mol. The highest BCUT2D eigenvalue weighted by Gasteiger charge is 2.42. The van der Waals surface area contributed by atoms with Gasteiger partial charge in [-0.1, -0.05) is 0 Å². The Morgan fingerprint density at radius 2 is 2.12 bits per heavy atom. The molecule has 1 aliphatic heterocycles. The molecule has 0 saturated carbocycles. The lowest BCUT2D eigenvalue weighted by molar-refractivity contribution is -0.155. The summed E-state index contributed by atoms with van der Waals surface area (Å²) in [6.45, 7) is -0.451. The molecule has 3 rings (SSSR count). The average Bonchev–Trinajstić information content (AvgIpc) is 2.54. The van der Waals surface area contributed by atoms with E-state index in [9.17, 15) is 27.2 Å². The quantitative estimate of drug-likeness (QED) is 0.694. The van der Waals surface area contributed by atoms with E-state index in [-0.39, 0.29) is 29.9 Å². The number of pyridine rings is 2. The third-order valence-corrected chi connectivity index (χ3v) is 3.90. The highest BCUT2D eigenvalue weighted by atomic mass is 19.4. The molecule has 1 aliphatic rings. The third kappa shape index (κ3) is 3.14. The number of alkyl halides is 3. The van der Waals surface area contributed by atoms with Crippen LogP contribution in [0.15, 0.2) is 17.1 Å². The van der Waals surface area contributed by atoms with E-state index in [1.54, 1.807) is 0 Å². The zero-order valence-electron chi connectivity index (χ0n) is 12.5. The van der Waals surface area contributed by atoms with E-state index in [0.29, 0.717) is 0 Å². The van der Waals surface area contributed by atoms with Gasteiger partial charge in [-0.3, -0.25) is 4.79 Å². The lowest BCUT2D eigenvalue weighted by Gasteiger charge is -2.35. The number of rotatable bonds is 2. The number of carboxylic acids is 1. The van der Waals surface area contributed by atoms with E-state index in [2.05, 4.69) is 15.3 Å². The smallest absolute Gasteiger partial charge is 0.405 e. The van der Waals surface area contributed by atoms with Crippen LogP contribution in [-0.4, -0.2) is 52.9 Å². The molecule has 1 atom stereocenters. The summed E-state index contributed by atoms with van der Waals surface area (Å²) >= 11 is 0. The zero-order valence-corrected chi connectivity index (χ0v) is 12.5. The van der Waals surface area contributed by atoms with Crippen LogP contribution in [0.1, 0.15) is 10.4 Å². The van der Waals surface area contributed by atoms with Crippen molar-refractivity contribution in [2.75, 3.05) is 24.5 Å². The number of anilines is 1. The maximum Gasteiger partial charge on any atom is 0.405 e. The molecule has 3 N–H and O–H groups in total. The maximum atomic E-state index is 14.3. The summed E-state index contributed by atoms with van der Waals surface area (Å²) in [5, 5.41) is 10.9. The van der Waals surface area contributed by atoms with Gasteiger partial charge in [0, 0.05) is 25.8 Å². The number of H-pyrrole nitrogens is 1. The monoisotopic (exact) mass is 360 g/mol. The molecule has 25 heavy (non-hydrogen) atoms. The van der Waals surface area contributed by atoms with Crippen molar-refractivity contribution in [1.82, 2.24) is 15.3 Å². The lowest BCUT2D eigenvalue weighted by atomic mass is 10.1. The first-order valence-corrected chi connectivity index (χ1v) is 7.18. The van der Waals surface area contributed by atoms with Crippen LogP contribution in [0, 0.1) is 5.82 Å². The lowest BCUT2D eigenvalue weighted by Crippen LogP contribution is -2.57. The number of nitrogens with zero attached hydrogens (tertiary/aromatic N) is 2. The summed E-state index contributed by atoms with van der Waals surface area (Å²) in [6.07, 6.45) is -3.57. The molecule has 11 heteroatoms. The molecule has 1 fully saturated rings. The molecular formula is C14H12F4N4O3. The minimum absolute atomic E-state index is 0.0161. The average molecular weight is 360 g/mol. The van der Waals surface area contributed by atoms with Crippen molar-refractivity contribution in [3.8, 4) is 0 Å². The third-order valence-electron chi connectivity index (χ3n) is 3.90. The van der Waals surface area contributed by atoms with Gasteiger partial charge in [0.2, 0.25) is 5.43 Å². The number of carboxylic acid groups (broad SMARTS) is 1. The van der Waals surface area contributed by atoms with Gasteiger partial charge >= 0.3 is 12.1 Å². The number of aromatic amines is 1. The van der Waals surface area contributed by atoms with Crippen LogP contribution in [0.4, 0.5) is 23.4 Å². The summed E-state index contributed by atoms with van der Waals surface area (Å²) in [7, 11) is 0. The zero-order chi connectivity index (χ0) is 18.4. The molecule has 2 aromatic heterocycles. The number of aromatic nitrogens is 2. The van der Waals surface area contributed by atoms with Gasteiger partial charge in [0.25, 0.3) is 0 Å². The Hall–Kier alpha value is -2.69. The van der Waals surface area contributed by atoms with Crippen LogP contribution < -0.4 is 15.6 Å². The van der Waals surface area contributed by atoms with Crippen LogP contribution in [0.3, 0.4) is 0 Å². The van der Waals surface area contributed by atoms with Crippen molar-refractivity contribution in [3.63, 3.8) is 0 Å². The number of nitrogens with one attached hydrogen (secondary N) is 2. The minimum Gasteiger partial charge on any atom is -0.477 e. The number of hydrogen-bond donors (Lipinski definition) is 3. The molecule has 134 valence electrons. The predicted octanol–water partition coefficient (Wildman–Crippen LogP) is 1.10. The second-order valence-corrected chi connectivity index (χ2v) is 5.52. The number of aromatic carboxylic acids is 1. The first-order valence-electron chi connectivity index (χ1n) is 7.18. The number of piperazine rings is 1. The van der Waals surface area contributed by atoms with E-state index in [4.69, 9.17) is 5.11 Å². The Balaban J connectivity index is 2.03. The van der Waals surface area contributed by atoms with Crippen LogP contribution in [0.2, 0.25) is 0 Å². The minimum atomic E-state index is -4.49. The molecule has 0 amide bonds. The molecule has 3 heterocycles. The Labute approximate surface area is 137 Å². The highest BCUT2D eigenvalue weighted by Crippen LogP contribution is 2.26. The van der Waals surface area contributed by atoms with Crippen LogP contribution in [0.5, 0.6) is 0 Å². The van der Waals surface area contributed by atoms with Crippen LogP contribution in [-0.2, 0) is 0 Å². The van der Waals surface area contributed by atoms with Gasteiger partial charge in [-0.25, -0.2) is 14.2 Å². The maximum absolute atomic E-state index is 14.3. The van der Waals surface area contributed by atoms with Gasteiger partial charge in [0.15, 0.2) is 11.6 Å². The van der Waals surface area contributed by atoms with Gasteiger partial charge in [-0.15, -0.1) is 0 Å². The SMILES string of the molecule is O=C(O)c1c[nH]c2nc(N3CCNC(C(F)(F)F)C3)c(F)cc2c1=O. The molecule has 0 bridgehead atoms. The van der Waals surface area contributed by atoms with E-state index in [1.807, 2.05) is 0 Å². The van der Waals surface area contributed by atoms with Gasteiger partial charge in [0.05, 0.1) is 5.39 Å².